The third-order valence-corrected chi connectivity index (χ3v) is 4.10. The lowest BCUT2D eigenvalue weighted by Crippen LogP contribution is -2.36. The van der Waals surface area contributed by atoms with Gasteiger partial charge in [-0.25, -0.2) is 0 Å². The van der Waals surface area contributed by atoms with Gasteiger partial charge in [-0.15, -0.1) is 0 Å². The largest absolute Gasteiger partial charge is 0.416 e. The van der Waals surface area contributed by atoms with Crippen molar-refractivity contribution in [3.8, 4) is 0 Å². The summed E-state index contributed by atoms with van der Waals surface area (Å²) in [6.07, 6.45) is -2.71. The lowest BCUT2D eigenvalue weighted by Gasteiger charge is -2.24. The predicted octanol–water partition coefficient (Wildman–Crippen LogP) is 3.59. The van der Waals surface area contributed by atoms with Crippen LogP contribution in [0.2, 0.25) is 0 Å². The SMILES string of the molecule is CCCc1cc(C(=O)N(CCN(C)C)Cc2cccc(C(F)(F)F)c2)n[nH]1. The Morgan fingerprint density at radius 3 is 2.56 bits per heavy atom. The Kier molecular flexibility index (Phi) is 7.01. The number of aromatic amines is 1. The highest BCUT2D eigenvalue weighted by Crippen LogP contribution is 2.29. The second-order valence-corrected chi connectivity index (χ2v) is 6.76. The average molecular weight is 382 g/mol. The fraction of sp³-hybridized carbons (Fsp3) is 0.474. The van der Waals surface area contributed by atoms with Gasteiger partial charge in [-0.3, -0.25) is 9.89 Å². The quantitative estimate of drug-likeness (QED) is 0.759. The van der Waals surface area contributed by atoms with Gasteiger partial charge in [0.05, 0.1) is 5.56 Å². The molecule has 0 radical (unpaired) electrons. The first kappa shape index (κ1) is 21.0. The van der Waals surface area contributed by atoms with E-state index in [9.17, 15) is 18.0 Å². The minimum Gasteiger partial charge on any atom is -0.332 e. The summed E-state index contributed by atoms with van der Waals surface area (Å²) in [7, 11) is 3.75. The van der Waals surface area contributed by atoms with Crippen molar-refractivity contribution in [3.63, 3.8) is 0 Å². The highest BCUT2D eigenvalue weighted by molar-refractivity contribution is 5.92. The molecule has 0 unspecified atom stereocenters. The number of carbonyl (C=O) groups excluding carboxylic acids is 1. The summed E-state index contributed by atoms with van der Waals surface area (Å²) in [6, 6.07) is 6.78. The molecule has 0 bridgehead atoms. The Bertz CT molecular complexity index is 755. The number of benzene rings is 1. The minimum atomic E-state index is -4.41. The van der Waals surface area contributed by atoms with Crippen molar-refractivity contribution in [2.75, 3.05) is 27.2 Å². The van der Waals surface area contributed by atoms with Crippen molar-refractivity contribution in [2.24, 2.45) is 0 Å². The summed E-state index contributed by atoms with van der Waals surface area (Å²) in [5.74, 6) is -0.298. The van der Waals surface area contributed by atoms with E-state index in [0.717, 1.165) is 30.7 Å². The Morgan fingerprint density at radius 1 is 1.19 bits per heavy atom. The molecule has 2 aromatic rings. The van der Waals surface area contributed by atoms with Gasteiger partial charge in [0.1, 0.15) is 5.69 Å². The number of halogens is 3. The summed E-state index contributed by atoms with van der Waals surface area (Å²) in [5, 5.41) is 6.91. The van der Waals surface area contributed by atoms with Crippen molar-refractivity contribution < 1.29 is 18.0 Å². The van der Waals surface area contributed by atoms with Crippen LogP contribution < -0.4 is 0 Å². The standard InChI is InChI=1S/C19H25F3N4O/c1-4-6-16-12-17(24-23-16)18(27)26(10-9-25(2)3)13-14-7-5-8-15(11-14)19(20,21)22/h5,7-8,11-12H,4,6,9-10,13H2,1-3H3,(H,23,24). The van der Waals surface area contributed by atoms with Gasteiger partial charge >= 0.3 is 6.18 Å². The van der Waals surface area contributed by atoms with E-state index in [1.807, 2.05) is 25.9 Å². The Balaban J connectivity index is 2.22. The number of aromatic nitrogens is 2. The normalized spacial score (nSPS) is 11.8. The average Bonchev–Trinajstić information content (AvgIpc) is 3.06. The molecule has 148 valence electrons. The molecule has 8 heteroatoms. The number of H-pyrrole nitrogens is 1. The number of hydrogen-bond donors (Lipinski definition) is 1. The van der Waals surface area contributed by atoms with Gasteiger partial charge in [0.15, 0.2) is 0 Å². The molecular formula is C19H25F3N4O. The highest BCUT2D eigenvalue weighted by atomic mass is 19.4. The first-order valence-corrected chi connectivity index (χ1v) is 8.85. The number of alkyl halides is 3. The van der Waals surface area contributed by atoms with Crippen LogP contribution in [0, 0.1) is 0 Å². The molecule has 5 nitrogen and oxygen atoms in total. The minimum absolute atomic E-state index is 0.0898. The van der Waals surface area contributed by atoms with Crippen LogP contribution in [-0.2, 0) is 19.1 Å². The summed E-state index contributed by atoms with van der Waals surface area (Å²) in [4.78, 5) is 16.3. The van der Waals surface area contributed by atoms with E-state index in [2.05, 4.69) is 10.2 Å². The summed E-state index contributed by atoms with van der Waals surface area (Å²) >= 11 is 0. The predicted molar refractivity (Wildman–Crippen MR) is 97.3 cm³/mol. The lowest BCUT2D eigenvalue weighted by atomic mass is 10.1. The van der Waals surface area contributed by atoms with Crippen LogP contribution >= 0.6 is 0 Å². The smallest absolute Gasteiger partial charge is 0.332 e. The monoisotopic (exact) mass is 382 g/mol. The van der Waals surface area contributed by atoms with E-state index in [1.54, 1.807) is 12.1 Å². The third kappa shape index (κ3) is 6.09. The number of likely N-dealkylation sites (N-methyl/N-ethyl adjacent to an activating group) is 1. The van der Waals surface area contributed by atoms with Crippen molar-refractivity contribution in [1.29, 1.82) is 0 Å². The second-order valence-electron chi connectivity index (χ2n) is 6.76. The molecule has 27 heavy (non-hydrogen) atoms. The zero-order valence-electron chi connectivity index (χ0n) is 15.8. The van der Waals surface area contributed by atoms with E-state index in [-0.39, 0.29) is 18.1 Å². The van der Waals surface area contributed by atoms with Gasteiger partial charge in [-0.2, -0.15) is 18.3 Å². The van der Waals surface area contributed by atoms with E-state index in [4.69, 9.17) is 0 Å². The molecule has 0 atom stereocenters. The fourth-order valence-corrected chi connectivity index (χ4v) is 2.67. The third-order valence-electron chi connectivity index (χ3n) is 4.10. The number of hydrogen-bond acceptors (Lipinski definition) is 3. The van der Waals surface area contributed by atoms with Crippen molar-refractivity contribution in [3.05, 3.63) is 52.8 Å². The molecule has 0 spiro atoms. The van der Waals surface area contributed by atoms with Gasteiger partial charge in [-0.1, -0.05) is 25.5 Å². The second kappa shape index (κ2) is 9.03. The van der Waals surface area contributed by atoms with Crippen LogP contribution in [0.5, 0.6) is 0 Å². The van der Waals surface area contributed by atoms with Crippen LogP contribution in [0.15, 0.2) is 30.3 Å². The topological polar surface area (TPSA) is 52.2 Å². The van der Waals surface area contributed by atoms with Crippen LogP contribution in [-0.4, -0.2) is 53.1 Å². The maximum atomic E-state index is 13.0. The Labute approximate surface area is 157 Å². The molecule has 0 aliphatic rings. The molecule has 1 aromatic carbocycles. The summed E-state index contributed by atoms with van der Waals surface area (Å²) in [6.45, 7) is 3.10. The highest BCUT2D eigenvalue weighted by Gasteiger charge is 2.30. The van der Waals surface area contributed by atoms with Crippen molar-refractivity contribution in [2.45, 2.75) is 32.5 Å². The van der Waals surface area contributed by atoms with Crippen LogP contribution in [0.25, 0.3) is 0 Å². The number of nitrogens with zero attached hydrogens (tertiary/aromatic N) is 3. The molecule has 0 fully saturated rings. The van der Waals surface area contributed by atoms with E-state index in [0.29, 0.717) is 18.7 Å². The van der Waals surface area contributed by atoms with Crippen LogP contribution in [0.4, 0.5) is 13.2 Å². The molecule has 0 saturated carbocycles. The number of aryl methyl sites for hydroxylation is 1. The number of amides is 1. The maximum Gasteiger partial charge on any atom is 0.416 e. The van der Waals surface area contributed by atoms with E-state index in [1.165, 1.54) is 11.0 Å². The molecular weight excluding hydrogens is 357 g/mol. The lowest BCUT2D eigenvalue weighted by molar-refractivity contribution is -0.137. The first-order valence-electron chi connectivity index (χ1n) is 8.85. The number of rotatable bonds is 8. The van der Waals surface area contributed by atoms with E-state index < -0.39 is 11.7 Å². The summed E-state index contributed by atoms with van der Waals surface area (Å²) in [5.41, 5.74) is 0.864. The molecule has 1 heterocycles. The van der Waals surface area contributed by atoms with E-state index >= 15 is 0 Å². The fourth-order valence-electron chi connectivity index (χ4n) is 2.67. The molecule has 0 aliphatic heterocycles. The van der Waals surface area contributed by atoms with Crippen molar-refractivity contribution >= 4 is 5.91 Å². The Hall–Kier alpha value is -2.35. The maximum absolute atomic E-state index is 13.0. The molecule has 0 aliphatic carbocycles. The molecule has 0 saturated heterocycles. The van der Waals surface area contributed by atoms with Crippen LogP contribution in [0.3, 0.4) is 0 Å². The first-order chi connectivity index (χ1) is 12.7. The van der Waals surface area contributed by atoms with Gasteiger partial charge in [-0.05, 0) is 44.3 Å². The Morgan fingerprint density at radius 2 is 1.93 bits per heavy atom. The van der Waals surface area contributed by atoms with Gasteiger partial charge in [0.2, 0.25) is 0 Å². The zero-order valence-corrected chi connectivity index (χ0v) is 15.8. The zero-order chi connectivity index (χ0) is 20.0. The number of nitrogens with one attached hydrogen (secondary N) is 1. The van der Waals surface area contributed by atoms with Crippen molar-refractivity contribution in [1.82, 2.24) is 20.0 Å². The molecule has 2 rings (SSSR count). The molecule has 1 amide bonds. The van der Waals surface area contributed by atoms with Crippen LogP contribution in [0.1, 0.15) is 40.7 Å². The van der Waals surface area contributed by atoms with Gasteiger partial charge in [0, 0.05) is 25.3 Å². The number of carbonyl (C=O) groups is 1. The van der Waals surface area contributed by atoms with Gasteiger partial charge in [0.25, 0.3) is 5.91 Å². The summed E-state index contributed by atoms with van der Waals surface area (Å²) < 4.78 is 38.9. The molecule has 1 aromatic heterocycles. The molecule has 1 N–H and O–H groups in total. The van der Waals surface area contributed by atoms with Gasteiger partial charge < -0.3 is 9.80 Å².